The molecule has 26 heavy (non-hydrogen) atoms. The van der Waals surface area contributed by atoms with Crippen molar-refractivity contribution in [2.75, 3.05) is 0 Å². The third-order valence-electron chi connectivity index (χ3n) is 3.80. The molecule has 4 heteroatoms. The predicted molar refractivity (Wildman–Crippen MR) is 100 cm³/mol. The van der Waals surface area contributed by atoms with Gasteiger partial charge in [-0.3, -0.25) is 9.59 Å². The number of esters is 1. The van der Waals surface area contributed by atoms with E-state index in [1.165, 1.54) is 0 Å². The highest BCUT2D eigenvalue weighted by Crippen LogP contribution is 2.34. The van der Waals surface area contributed by atoms with Gasteiger partial charge in [0.2, 0.25) is 5.78 Å². The van der Waals surface area contributed by atoms with Gasteiger partial charge in [-0.25, -0.2) is 0 Å². The first kappa shape index (κ1) is 17.7. The highest BCUT2D eigenvalue weighted by atomic mass is 16.5. The third-order valence-corrected chi connectivity index (χ3v) is 3.80. The molecule has 0 fully saturated rings. The number of allylic oxidation sites excluding steroid dienone is 3. The fourth-order valence-electron chi connectivity index (χ4n) is 2.32. The maximum atomic E-state index is 12.4. The zero-order valence-electron chi connectivity index (χ0n) is 15.0. The van der Waals surface area contributed by atoms with Gasteiger partial charge in [0.25, 0.3) is 0 Å². The van der Waals surface area contributed by atoms with E-state index in [1.54, 1.807) is 51.1 Å². The number of rotatable bonds is 3. The number of carbonyl (C=O) groups excluding carboxylic acids is 2. The second-order valence-corrected chi connectivity index (χ2v) is 7.03. The first-order valence-electron chi connectivity index (χ1n) is 8.37. The maximum absolute atomic E-state index is 12.4. The summed E-state index contributed by atoms with van der Waals surface area (Å²) >= 11 is 0. The standard InChI is InChI=1S/C22H20O4/c1-22(2,3)21(24)25-16-12-13-17-19(14-16)26-18(20(17)23)11-7-10-15-8-5-4-6-9-15/h4-14H,1-3H3/b10-7+,18-11-. The lowest BCUT2D eigenvalue weighted by Gasteiger charge is -2.16. The molecule has 1 aliphatic heterocycles. The van der Waals surface area contributed by atoms with E-state index < -0.39 is 5.41 Å². The Morgan fingerprint density at radius 3 is 2.50 bits per heavy atom. The fourth-order valence-corrected chi connectivity index (χ4v) is 2.32. The van der Waals surface area contributed by atoms with Crippen molar-refractivity contribution < 1.29 is 19.1 Å². The van der Waals surface area contributed by atoms with Gasteiger partial charge in [0.05, 0.1) is 11.0 Å². The molecule has 0 bridgehead atoms. The summed E-state index contributed by atoms with van der Waals surface area (Å²) in [5.74, 6) is 0.465. The summed E-state index contributed by atoms with van der Waals surface area (Å²) in [7, 11) is 0. The van der Waals surface area contributed by atoms with E-state index in [-0.39, 0.29) is 17.5 Å². The number of fused-ring (bicyclic) bond motifs is 1. The van der Waals surface area contributed by atoms with Crippen LogP contribution >= 0.6 is 0 Å². The summed E-state index contributed by atoms with van der Waals surface area (Å²) in [5.41, 5.74) is 0.881. The van der Waals surface area contributed by atoms with Crippen LogP contribution in [0.15, 0.2) is 66.4 Å². The Labute approximate surface area is 152 Å². The van der Waals surface area contributed by atoms with Gasteiger partial charge in [-0.05, 0) is 44.5 Å². The van der Waals surface area contributed by atoms with Crippen molar-refractivity contribution in [2.24, 2.45) is 5.41 Å². The van der Waals surface area contributed by atoms with Crippen molar-refractivity contribution in [3.05, 3.63) is 77.6 Å². The highest BCUT2D eigenvalue weighted by Gasteiger charge is 2.29. The summed E-state index contributed by atoms with van der Waals surface area (Å²) in [5, 5.41) is 0. The van der Waals surface area contributed by atoms with Gasteiger partial charge in [-0.2, -0.15) is 0 Å². The van der Waals surface area contributed by atoms with Crippen LogP contribution in [0.4, 0.5) is 0 Å². The van der Waals surface area contributed by atoms with Crippen molar-refractivity contribution in [1.82, 2.24) is 0 Å². The molecule has 0 N–H and O–H groups in total. The first-order valence-corrected chi connectivity index (χ1v) is 8.37. The molecule has 0 amide bonds. The van der Waals surface area contributed by atoms with Crippen LogP contribution in [0.1, 0.15) is 36.7 Å². The van der Waals surface area contributed by atoms with Gasteiger partial charge in [-0.15, -0.1) is 0 Å². The molecule has 1 heterocycles. The lowest BCUT2D eigenvalue weighted by molar-refractivity contribution is -0.143. The molecule has 0 unspecified atom stereocenters. The van der Waals surface area contributed by atoms with E-state index in [0.717, 1.165) is 5.56 Å². The Balaban J connectivity index is 1.75. The second kappa shape index (κ2) is 7.00. The van der Waals surface area contributed by atoms with E-state index >= 15 is 0 Å². The van der Waals surface area contributed by atoms with Gasteiger partial charge < -0.3 is 9.47 Å². The molecule has 2 aromatic rings. The average Bonchev–Trinajstić information content (AvgIpc) is 2.90. The number of carbonyl (C=O) groups is 2. The molecule has 3 rings (SSSR count). The zero-order valence-corrected chi connectivity index (χ0v) is 15.0. The second-order valence-electron chi connectivity index (χ2n) is 7.03. The predicted octanol–water partition coefficient (Wildman–Crippen LogP) is 4.81. The van der Waals surface area contributed by atoms with Crippen molar-refractivity contribution in [2.45, 2.75) is 20.8 Å². The topological polar surface area (TPSA) is 52.6 Å². The zero-order chi connectivity index (χ0) is 18.7. The van der Waals surface area contributed by atoms with Crippen LogP contribution in [0.5, 0.6) is 11.5 Å². The minimum absolute atomic E-state index is 0.189. The Kier molecular flexibility index (Phi) is 4.76. The minimum Gasteiger partial charge on any atom is -0.452 e. The average molecular weight is 348 g/mol. The fraction of sp³-hybridized carbons (Fsp3) is 0.182. The van der Waals surface area contributed by atoms with Gasteiger partial charge in [-0.1, -0.05) is 42.5 Å². The van der Waals surface area contributed by atoms with Crippen molar-refractivity contribution in [1.29, 1.82) is 0 Å². The maximum Gasteiger partial charge on any atom is 0.316 e. The molecule has 1 aliphatic rings. The van der Waals surface area contributed by atoms with Gasteiger partial charge in [0, 0.05) is 6.07 Å². The summed E-state index contributed by atoms with van der Waals surface area (Å²) in [6, 6.07) is 14.6. The molecule has 4 nitrogen and oxygen atoms in total. The van der Waals surface area contributed by atoms with Crippen LogP contribution in [0.3, 0.4) is 0 Å². The third kappa shape index (κ3) is 3.91. The number of benzene rings is 2. The van der Waals surface area contributed by atoms with E-state index in [1.807, 2.05) is 36.4 Å². The number of ketones is 1. The van der Waals surface area contributed by atoms with Crippen LogP contribution in [0.2, 0.25) is 0 Å². The van der Waals surface area contributed by atoms with Crippen LogP contribution < -0.4 is 9.47 Å². The monoisotopic (exact) mass is 348 g/mol. The largest absolute Gasteiger partial charge is 0.452 e. The van der Waals surface area contributed by atoms with Crippen LogP contribution in [-0.2, 0) is 4.79 Å². The first-order chi connectivity index (χ1) is 12.3. The quantitative estimate of drug-likeness (QED) is 0.454. The number of hydrogen-bond donors (Lipinski definition) is 0. The molecular weight excluding hydrogens is 328 g/mol. The van der Waals surface area contributed by atoms with Crippen molar-refractivity contribution in [3.63, 3.8) is 0 Å². The van der Waals surface area contributed by atoms with Gasteiger partial charge >= 0.3 is 5.97 Å². The van der Waals surface area contributed by atoms with Crippen LogP contribution in [0.25, 0.3) is 6.08 Å². The molecule has 0 saturated carbocycles. The Bertz CT molecular complexity index is 899. The van der Waals surface area contributed by atoms with E-state index in [9.17, 15) is 9.59 Å². The molecule has 132 valence electrons. The Morgan fingerprint density at radius 1 is 1.08 bits per heavy atom. The molecule has 0 radical (unpaired) electrons. The molecule has 2 aromatic carbocycles. The molecular formula is C22H20O4. The van der Waals surface area contributed by atoms with Gasteiger partial charge in [0.1, 0.15) is 11.5 Å². The molecule has 0 atom stereocenters. The van der Waals surface area contributed by atoms with E-state index in [0.29, 0.717) is 17.1 Å². The Hall–Kier alpha value is -3.14. The molecule has 0 aliphatic carbocycles. The van der Waals surface area contributed by atoms with Crippen LogP contribution in [0, 0.1) is 5.41 Å². The normalized spacial score (nSPS) is 15.2. The van der Waals surface area contributed by atoms with Crippen molar-refractivity contribution >= 4 is 17.8 Å². The number of hydrogen-bond acceptors (Lipinski definition) is 4. The Morgan fingerprint density at radius 2 is 1.81 bits per heavy atom. The summed E-state index contributed by atoms with van der Waals surface area (Å²) in [6.45, 7) is 5.34. The number of ether oxygens (including phenoxy) is 2. The van der Waals surface area contributed by atoms with Crippen molar-refractivity contribution in [3.8, 4) is 11.5 Å². The molecule has 0 spiro atoms. The van der Waals surface area contributed by atoms with Crippen LogP contribution in [-0.4, -0.2) is 11.8 Å². The lowest BCUT2D eigenvalue weighted by atomic mass is 9.97. The number of Topliss-reactive ketones (excluding diaryl/α,β-unsaturated/α-hetero) is 1. The summed E-state index contributed by atoms with van der Waals surface area (Å²) in [6.07, 6.45) is 5.30. The van der Waals surface area contributed by atoms with E-state index in [2.05, 4.69) is 0 Å². The van der Waals surface area contributed by atoms with Gasteiger partial charge in [0.15, 0.2) is 5.76 Å². The molecule has 0 aromatic heterocycles. The summed E-state index contributed by atoms with van der Waals surface area (Å²) < 4.78 is 11.0. The summed E-state index contributed by atoms with van der Waals surface area (Å²) in [4.78, 5) is 24.4. The molecule has 0 saturated heterocycles. The SMILES string of the molecule is CC(C)(C)C(=O)Oc1ccc2c(c1)O/C(=C\C=C\c1ccccc1)C2=O. The minimum atomic E-state index is -0.608. The lowest BCUT2D eigenvalue weighted by Crippen LogP contribution is -2.25. The van der Waals surface area contributed by atoms with E-state index in [4.69, 9.17) is 9.47 Å². The smallest absolute Gasteiger partial charge is 0.316 e. The highest BCUT2D eigenvalue weighted by molar-refractivity contribution is 6.12.